The van der Waals surface area contributed by atoms with Crippen molar-refractivity contribution in [2.75, 3.05) is 7.11 Å². The molecule has 0 bridgehead atoms. The van der Waals surface area contributed by atoms with Crippen LogP contribution in [0.4, 0.5) is 0 Å². The van der Waals surface area contributed by atoms with Crippen molar-refractivity contribution in [1.82, 2.24) is 21.0 Å². The van der Waals surface area contributed by atoms with Gasteiger partial charge in [0.25, 0.3) is 11.8 Å². The number of hydrogen-bond acceptors (Lipinski definition) is 4. The van der Waals surface area contributed by atoms with Crippen molar-refractivity contribution >= 4 is 11.8 Å². The predicted molar refractivity (Wildman–Crippen MR) is 96.7 cm³/mol. The van der Waals surface area contributed by atoms with Crippen molar-refractivity contribution in [3.05, 3.63) is 71.4 Å². The van der Waals surface area contributed by atoms with Crippen LogP contribution in [0.15, 0.2) is 54.6 Å². The number of nitrogens with one attached hydrogen (secondary N) is 3. The second kappa shape index (κ2) is 7.52. The van der Waals surface area contributed by atoms with E-state index in [0.717, 1.165) is 16.9 Å². The number of H-pyrrole nitrogens is 1. The molecular formula is C19H18N4O3. The van der Waals surface area contributed by atoms with Crippen LogP contribution in [-0.2, 0) is 0 Å². The fourth-order valence-corrected chi connectivity index (χ4v) is 2.42. The van der Waals surface area contributed by atoms with E-state index in [1.807, 2.05) is 43.3 Å². The van der Waals surface area contributed by atoms with Crippen LogP contribution in [-0.4, -0.2) is 29.1 Å². The maximum absolute atomic E-state index is 12.2. The van der Waals surface area contributed by atoms with Crippen molar-refractivity contribution in [2.45, 2.75) is 6.92 Å². The van der Waals surface area contributed by atoms with E-state index in [-0.39, 0.29) is 11.6 Å². The highest BCUT2D eigenvalue weighted by molar-refractivity contribution is 5.99. The number of hydrogen-bond donors (Lipinski definition) is 3. The Morgan fingerprint density at radius 1 is 1.00 bits per heavy atom. The molecule has 0 unspecified atom stereocenters. The number of rotatable bonds is 4. The fourth-order valence-electron chi connectivity index (χ4n) is 2.42. The van der Waals surface area contributed by atoms with E-state index in [4.69, 9.17) is 4.74 Å². The number of amides is 2. The Bertz CT molecular complexity index is 932. The molecule has 0 fully saturated rings. The van der Waals surface area contributed by atoms with Gasteiger partial charge in [0.2, 0.25) is 0 Å². The fraction of sp³-hybridized carbons (Fsp3) is 0.105. The van der Waals surface area contributed by atoms with Crippen LogP contribution >= 0.6 is 0 Å². The van der Waals surface area contributed by atoms with E-state index >= 15 is 0 Å². The van der Waals surface area contributed by atoms with Crippen LogP contribution < -0.4 is 15.6 Å². The van der Waals surface area contributed by atoms with Gasteiger partial charge in [-0.1, -0.05) is 18.2 Å². The Morgan fingerprint density at radius 2 is 1.69 bits per heavy atom. The second-order valence-electron chi connectivity index (χ2n) is 5.62. The molecule has 2 aromatic carbocycles. The first-order chi connectivity index (χ1) is 12.6. The van der Waals surface area contributed by atoms with E-state index in [0.29, 0.717) is 11.3 Å². The third kappa shape index (κ3) is 3.72. The number of ether oxygens (including phenoxy) is 1. The summed E-state index contributed by atoms with van der Waals surface area (Å²) in [5, 5.41) is 6.79. The van der Waals surface area contributed by atoms with Crippen LogP contribution in [0.5, 0.6) is 5.75 Å². The van der Waals surface area contributed by atoms with Gasteiger partial charge >= 0.3 is 0 Å². The molecule has 0 radical (unpaired) electrons. The summed E-state index contributed by atoms with van der Waals surface area (Å²) in [7, 11) is 1.59. The Labute approximate surface area is 150 Å². The smallest absolute Gasteiger partial charge is 0.287 e. The lowest BCUT2D eigenvalue weighted by Crippen LogP contribution is -2.42. The normalized spacial score (nSPS) is 10.2. The van der Waals surface area contributed by atoms with Crippen LogP contribution in [0.1, 0.15) is 26.4 Å². The predicted octanol–water partition coefficient (Wildman–Crippen LogP) is 2.47. The number of aromatic nitrogens is 2. The standard InChI is InChI=1S/C19H18N4O3/c1-12-5-3-4-6-15(12)18(24)22-23-19(25)17-11-16(20-21-17)13-7-9-14(26-2)10-8-13/h3-11H,1-2H3,(H,20,21)(H,22,24)(H,23,25). The molecule has 0 aliphatic rings. The van der Waals surface area contributed by atoms with E-state index in [1.165, 1.54) is 0 Å². The summed E-state index contributed by atoms with van der Waals surface area (Å²) < 4.78 is 5.12. The van der Waals surface area contributed by atoms with Gasteiger partial charge in [0.15, 0.2) is 0 Å². The number of carbonyl (C=O) groups is 2. The van der Waals surface area contributed by atoms with Gasteiger partial charge in [-0.15, -0.1) is 0 Å². The summed E-state index contributed by atoms with van der Waals surface area (Å²) in [6.07, 6.45) is 0. The monoisotopic (exact) mass is 350 g/mol. The lowest BCUT2D eigenvalue weighted by Gasteiger charge is -2.07. The summed E-state index contributed by atoms with van der Waals surface area (Å²) in [6.45, 7) is 1.83. The molecular weight excluding hydrogens is 332 g/mol. The third-order valence-corrected chi connectivity index (χ3v) is 3.89. The van der Waals surface area contributed by atoms with Crippen LogP contribution in [0, 0.1) is 6.92 Å². The minimum atomic E-state index is -0.487. The summed E-state index contributed by atoms with van der Waals surface area (Å²) in [4.78, 5) is 24.3. The average molecular weight is 350 g/mol. The second-order valence-corrected chi connectivity index (χ2v) is 5.62. The first-order valence-corrected chi connectivity index (χ1v) is 7.94. The quantitative estimate of drug-likeness (QED) is 0.630. The van der Waals surface area contributed by atoms with Crippen LogP contribution in [0.3, 0.4) is 0 Å². The number of methoxy groups -OCH3 is 1. The van der Waals surface area contributed by atoms with Gasteiger partial charge in [0, 0.05) is 11.1 Å². The van der Waals surface area contributed by atoms with Gasteiger partial charge in [-0.25, -0.2) is 0 Å². The zero-order valence-corrected chi connectivity index (χ0v) is 14.4. The molecule has 7 nitrogen and oxygen atoms in total. The van der Waals surface area contributed by atoms with Gasteiger partial charge in [0.1, 0.15) is 11.4 Å². The maximum Gasteiger partial charge on any atom is 0.287 e. The molecule has 3 N–H and O–H groups in total. The lowest BCUT2D eigenvalue weighted by molar-refractivity contribution is 0.0843. The van der Waals surface area contributed by atoms with Crippen molar-refractivity contribution in [3.63, 3.8) is 0 Å². The van der Waals surface area contributed by atoms with Gasteiger partial charge in [-0.3, -0.25) is 25.5 Å². The van der Waals surface area contributed by atoms with Crippen LogP contribution in [0.25, 0.3) is 11.3 Å². The Balaban J connectivity index is 1.64. The minimum Gasteiger partial charge on any atom is -0.497 e. The molecule has 0 aliphatic heterocycles. The zero-order chi connectivity index (χ0) is 18.5. The average Bonchev–Trinajstić information content (AvgIpc) is 3.16. The number of hydrazine groups is 1. The molecule has 3 rings (SSSR count). The van der Waals surface area contributed by atoms with Gasteiger partial charge < -0.3 is 4.74 Å². The Morgan fingerprint density at radius 3 is 2.38 bits per heavy atom. The molecule has 132 valence electrons. The molecule has 2 amide bonds. The van der Waals surface area contributed by atoms with E-state index < -0.39 is 5.91 Å². The van der Waals surface area contributed by atoms with Crippen molar-refractivity contribution in [2.24, 2.45) is 0 Å². The number of aromatic amines is 1. The van der Waals surface area contributed by atoms with Crippen molar-refractivity contribution < 1.29 is 14.3 Å². The number of benzene rings is 2. The summed E-state index contributed by atoms with van der Waals surface area (Å²) in [6, 6.07) is 16.0. The SMILES string of the molecule is COc1ccc(-c2cc(C(=O)NNC(=O)c3ccccc3C)[nH]n2)cc1. The van der Waals surface area contributed by atoms with Crippen LogP contribution in [0.2, 0.25) is 0 Å². The molecule has 7 heteroatoms. The molecule has 26 heavy (non-hydrogen) atoms. The van der Waals surface area contributed by atoms with Crippen molar-refractivity contribution in [3.8, 4) is 17.0 Å². The number of nitrogens with zero attached hydrogens (tertiary/aromatic N) is 1. The molecule has 1 heterocycles. The van der Waals surface area contributed by atoms with E-state index in [2.05, 4.69) is 21.0 Å². The number of carbonyl (C=O) groups excluding carboxylic acids is 2. The van der Waals surface area contributed by atoms with Gasteiger partial charge in [-0.05, 0) is 48.9 Å². The first kappa shape index (κ1) is 17.2. The Hall–Kier alpha value is -3.61. The lowest BCUT2D eigenvalue weighted by atomic mass is 10.1. The summed E-state index contributed by atoms with van der Waals surface area (Å²) in [5.41, 5.74) is 7.78. The minimum absolute atomic E-state index is 0.237. The van der Waals surface area contributed by atoms with E-state index in [9.17, 15) is 9.59 Å². The summed E-state index contributed by atoms with van der Waals surface area (Å²) >= 11 is 0. The van der Waals surface area contributed by atoms with Gasteiger partial charge in [-0.2, -0.15) is 5.10 Å². The summed E-state index contributed by atoms with van der Waals surface area (Å²) in [5.74, 6) is -0.133. The molecule has 0 aliphatic carbocycles. The molecule has 0 spiro atoms. The maximum atomic E-state index is 12.2. The highest BCUT2D eigenvalue weighted by Gasteiger charge is 2.13. The molecule has 3 aromatic rings. The van der Waals surface area contributed by atoms with Crippen molar-refractivity contribution in [1.29, 1.82) is 0 Å². The molecule has 1 aromatic heterocycles. The highest BCUT2D eigenvalue weighted by Crippen LogP contribution is 2.21. The first-order valence-electron chi connectivity index (χ1n) is 7.94. The zero-order valence-electron chi connectivity index (χ0n) is 14.4. The Kier molecular flexibility index (Phi) is 4.98. The molecule has 0 atom stereocenters. The molecule has 0 saturated heterocycles. The van der Waals surface area contributed by atoms with E-state index in [1.54, 1.807) is 25.3 Å². The number of aryl methyl sites for hydroxylation is 1. The third-order valence-electron chi connectivity index (χ3n) is 3.89. The highest BCUT2D eigenvalue weighted by atomic mass is 16.5. The largest absolute Gasteiger partial charge is 0.497 e. The topological polar surface area (TPSA) is 96.1 Å². The molecule has 0 saturated carbocycles. The van der Waals surface area contributed by atoms with Gasteiger partial charge in [0.05, 0.1) is 12.8 Å².